The van der Waals surface area contributed by atoms with Gasteiger partial charge < -0.3 is 10.2 Å². The van der Waals surface area contributed by atoms with Gasteiger partial charge in [-0.15, -0.1) is 5.10 Å². The lowest BCUT2D eigenvalue weighted by atomic mass is 10.0. The van der Waals surface area contributed by atoms with Crippen LogP contribution < -0.4 is 10.2 Å². The standard InChI is InChI=1S/C19H18ClN5/c1-13-8-9-15(20)11-16(13)22-18-12-21-24-19(23-18)25-10-4-6-14-5-2-3-7-17(14)25/h2-3,5,7-9,11-12H,4,6,10H2,1H3,(H,22,23,24). The van der Waals surface area contributed by atoms with Crippen molar-refractivity contribution in [1.29, 1.82) is 0 Å². The van der Waals surface area contributed by atoms with Crippen LogP contribution in [-0.2, 0) is 6.42 Å². The van der Waals surface area contributed by atoms with Crippen molar-refractivity contribution in [2.75, 3.05) is 16.8 Å². The summed E-state index contributed by atoms with van der Waals surface area (Å²) in [6.45, 7) is 2.91. The third-order valence-corrected chi connectivity index (χ3v) is 4.60. The van der Waals surface area contributed by atoms with E-state index in [1.807, 2.05) is 31.2 Å². The lowest BCUT2D eigenvalue weighted by Gasteiger charge is -2.29. The molecule has 0 saturated carbocycles. The van der Waals surface area contributed by atoms with Crippen LogP contribution in [0.15, 0.2) is 48.7 Å². The zero-order valence-corrected chi connectivity index (χ0v) is 14.7. The van der Waals surface area contributed by atoms with E-state index < -0.39 is 0 Å². The molecule has 0 amide bonds. The molecular formula is C19H18ClN5. The monoisotopic (exact) mass is 351 g/mol. The molecule has 0 unspecified atom stereocenters. The molecule has 2 aromatic carbocycles. The molecule has 1 N–H and O–H groups in total. The molecule has 0 fully saturated rings. The molecule has 1 aliphatic heterocycles. The first-order valence-electron chi connectivity index (χ1n) is 8.29. The van der Waals surface area contributed by atoms with E-state index >= 15 is 0 Å². The Hall–Kier alpha value is -2.66. The lowest BCUT2D eigenvalue weighted by molar-refractivity contribution is 0.742. The first-order valence-corrected chi connectivity index (χ1v) is 8.67. The van der Waals surface area contributed by atoms with Crippen LogP contribution in [0.3, 0.4) is 0 Å². The van der Waals surface area contributed by atoms with E-state index in [9.17, 15) is 0 Å². The van der Waals surface area contributed by atoms with Crippen LogP contribution in [0, 0.1) is 6.92 Å². The van der Waals surface area contributed by atoms with Crippen molar-refractivity contribution in [2.24, 2.45) is 0 Å². The summed E-state index contributed by atoms with van der Waals surface area (Å²) >= 11 is 6.10. The van der Waals surface area contributed by atoms with Crippen molar-refractivity contribution < 1.29 is 0 Å². The van der Waals surface area contributed by atoms with Crippen molar-refractivity contribution in [3.05, 3.63) is 64.8 Å². The van der Waals surface area contributed by atoms with Crippen molar-refractivity contribution in [3.8, 4) is 0 Å². The highest BCUT2D eigenvalue weighted by Crippen LogP contribution is 2.31. The van der Waals surface area contributed by atoms with Crippen molar-refractivity contribution >= 4 is 34.7 Å². The average molecular weight is 352 g/mol. The Kier molecular flexibility index (Phi) is 4.24. The van der Waals surface area contributed by atoms with Gasteiger partial charge in [0.05, 0.1) is 6.20 Å². The second-order valence-corrected chi connectivity index (χ2v) is 6.55. The summed E-state index contributed by atoms with van der Waals surface area (Å²) in [5, 5.41) is 12.3. The van der Waals surface area contributed by atoms with E-state index in [0.717, 1.165) is 36.3 Å². The minimum Gasteiger partial charge on any atom is -0.339 e. The number of hydrogen-bond donors (Lipinski definition) is 1. The highest BCUT2D eigenvalue weighted by Gasteiger charge is 2.20. The Morgan fingerprint density at radius 1 is 1.16 bits per heavy atom. The number of anilines is 4. The quantitative estimate of drug-likeness (QED) is 0.743. The van der Waals surface area contributed by atoms with Gasteiger partial charge in [0, 0.05) is 22.9 Å². The second-order valence-electron chi connectivity index (χ2n) is 6.11. The normalized spacial score (nSPS) is 13.4. The maximum absolute atomic E-state index is 6.10. The smallest absolute Gasteiger partial charge is 0.251 e. The Morgan fingerprint density at radius 2 is 2.04 bits per heavy atom. The summed E-state index contributed by atoms with van der Waals surface area (Å²) in [5.41, 5.74) is 4.49. The number of nitrogens with zero attached hydrogens (tertiary/aromatic N) is 4. The van der Waals surface area contributed by atoms with Gasteiger partial charge in [0.2, 0.25) is 0 Å². The molecule has 0 radical (unpaired) electrons. The molecular weight excluding hydrogens is 334 g/mol. The fourth-order valence-corrected chi connectivity index (χ4v) is 3.25. The molecule has 2 heterocycles. The van der Waals surface area contributed by atoms with Crippen LogP contribution >= 0.6 is 11.6 Å². The van der Waals surface area contributed by atoms with Crippen molar-refractivity contribution in [3.63, 3.8) is 0 Å². The van der Waals surface area contributed by atoms with Gasteiger partial charge in [-0.25, -0.2) is 0 Å². The number of benzene rings is 2. The fourth-order valence-electron chi connectivity index (χ4n) is 3.08. The fraction of sp³-hybridized carbons (Fsp3) is 0.211. The van der Waals surface area contributed by atoms with Gasteiger partial charge in [-0.3, -0.25) is 0 Å². The molecule has 0 atom stereocenters. The highest BCUT2D eigenvalue weighted by atomic mass is 35.5. The summed E-state index contributed by atoms with van der Waals surface area (Å²) in [5.74, 6) is 1.26. The van der Waals surface area contributed by atoms with E-state index in [4.69, 9.17) is 11.6 Å². The molecule has 5 nitrogen and oxygen atoms in total. The highest BCUT2D eigenvalue weighted by molar-refractivity contribution is 6.30. The van der Waals surface area contributed by atoms with Gasteiger partial charge in [0.1, 0.15) is 0 Å². The third kappa shape index (κ3) is 3.28. The number of fused-ring (bicyclic) bond motifs is 1. The first kappa shape index (κ1) is 15.8. The molecule has 0 saturated heterocycles. The number of nitrogens with one attached hydrogen (secondary N) is 1. The topological polar surface area (TPSA) is 53.9 Å². The summed E-state index contributed by atoms with van der Waals surface area (Å²) in [4.78, 5) is 6.79. The van der Waals surface area contributed by atoms with Crippen LogP contribution in [-0.4, -0.2) is 21.7 Å². The van der Waals surface area contributed by atoms with Crippen molar-refractivity contribution in [2.45, 2.75) is 19.8 Å². The first-order chi connectivity index (χ1) is 12.2. The number of aryl methyl sites for hydroxylation is 2. The van der Waals surface area contributed by atoms with Gasteiger partial charge >= 0.3 is 0 Å². The van der Waals surface area contributed by atoms with Crippen molar-refractivity contribution in [1.82, 2.24) is 15.2 Å². The van der Waals surface area contributed by atoms with E-state index in [2.05, 4.69) is 43.6 Å². The van der Waals surface area contributed by atoms with Crippen LogP contribution in [0.2, 0.25) is 5.02 Å². The Bertz CT molecular complexity index is 912. The predicted molar refractivity (Wildman–Crippen MR) is 101 cm³/mol. The Morgan fingerprint density at radius 3 is 2.96 bits per heavy atom. The maximum Gasteiger partial charge on any atom is 0.251 e. The van der Waals surface area contributed by atoms with E-state index in [-0.39, 0.29) is 0 Å². The maximum atomic E-state index is 6.10. The summed E-state index contributed by atoms with van der Waals surface area (Å²) in [7, 11) is 0. The molecule has 0 spiro atoms. The Balaban J connectivity index is 1.66. The SMILES string of the molecule is Cc1ccc(Cl)cc1Nc1cnnc(N2CCCc3ccccc32)n1. The van der Waals surface area contributed by atoms with Crippen LogP contribution in [0.5, 0.6) is 0 Å². The van der Waals surface area contributed by atoms with Gasteiger partial charge in [0.15, 0.2) is 5.82 Å². The molecule has 6 heteroatoms. The minimum absolute atomic E-state index is 0.608. The van der Waals surface area contributed by atoms with E-state index in [0.29, 0.717) is 16.8 Å². The van der Waals surface area contributed by atoms with Crippen LogP contribution in [0.25, 0.3) is 0 Å². The lowest BCUT2D eigenvalue weighted by Crippen LogP contribution is -2.26. The molecule has 1 aromatic heterocycles. The number of para-hydroxylation sites is 1. The molecule has 1 aliphatic rings. The van der Waals surface area contributed by atoms with Crippen LogP contribution in [0.1, 0.15) is 17.5 Å². The largest absolute Gasteiger partial charge is 0.339 e. The van der Waals surface area contributed by atoms with E-state index in [1.165, 1.54) is 5.56 Å². The van der Waals surface area contributed by atoms with Crippen LogP contribution in [0.4, 0.5) is 23.1 Å². The summed E-state index contributed by atoms with van der Waals surface area (Å²) < 4.78 is 0. The summed E-state index contributed by atoms with van der Waals surface area (Å²) in [6, 6.07) is 14.1. The van der Waals surface area contributed by atoms with E-state index in [1.54, 1.807) is 6.20 Å². The molecule has 0 bridgehead atoms. The molecule has 3 aromatic rings. The number of hydrogen-bond acceptors (Lipinski definition) is 5. The second kappa shape index (κ2) is 6.69. The number of rotatable bonds is 3. The van der Waals surface area contributed by atoms with Gasteiger partial charge in [0.25, 0.3) is 5.95 Å². The minimum atomic E-state index is 0.608. The number of aromatic nitrogens is 3. The van der Waals surface area contributed by atoms with Gasteiger partial charge in [-0.2, -0.15) is 10.1 Å². The zero-order chi connectivity index (χ0) is 17.2. The molecule has 0 aliphatic carbocycles. The average Bonchev–Trinajstić information content (AvgIpc) is 2.64. The molecule has 4 rings (SSSR count). The predicted octanol–water partition coefficient (Wildman–Crippen LogP) is 4.66. The van der Waals surface area contributed by atoms with Gasteiger partial charge in [-0.1, -0.05) is 35.9 Å². The summed E-state index contributed by atoms with van der Waals surface area (Å²) in [6.07, 6.45) is 3.78. The molecule has 25 heavy (non-hydrogen) atoms. The zero-order valence-electron chi connectivity index (χ0n) is 13.9. The number of halogens is 1. The molecule has 126 valence electrons. The van der Waals surface area contributed by atoms with Gasteiger partial charge in [-0.05, 0) is 49.1 Å². The third-order valence-electron chi connectivity index (χ3n) is 4.36. The Labute approximate surface area is 151 Å².